The quantitative estimate of drug-likeness (QED) is 0.680. The maximum Gasteiger partial charge on any atom is 0.270 e. The maximum atomic E-state index is 10.8. The van der Waals surface area contributed by atoms with Crippen molar-refractivity contribution in [3.8, 4) is 11.4 Å². The van der Waals surface area contributed by atoms with Crippen LogP contribution in [0.3, 0.4) is 0 Å². The van der Waals surface area contributed by atoms with Crippen LogP contribution in [0, 0.1) is 17.0 Å². The number of benzene rings is 1. The van der Waals surface area contributed by atoms with Gasteiger partial charge in [0.1, 0.15) is 0 Å². The zero-order chi connectivity index (χ0) is 14.7. The van der Waals surface area contributed by atoms with Crippen LogP contribution in [0.1, 0.15) is 18.1 Å². The molecule has 1 atom stereocenters. The van der Waals surface area contributed by atoms with Gasteiger partial charge in [0, 0.05) is 36.1 Å². The number of nitro groups is 1. The van der Waals surface area contributed by atoms with Gasteiger partial charge in [0.15, 0.2) is 5.82 Å². The zero-order valence-electron chi connectivity index (χ0n) is 11.4. The summed E-state index contributed by atoms with van der Waals surface area (Å²) in [5, 5.41) is 10.8. The highest BCUT2D eigenvalue weighted by Gasteiger charge is 2.12. The minimum atomic E-state index is -0.423. The normalized spacial score (nSPS) is 12.2. The smallest absolute Gasteiger partial charge is 0.270 e. The van der Waals surface area contributed by atoms with E-state index in [0.29, 0.717) is 17.8 Å². The number of hydrogen-bond donors (Lipinski definition) is 1. The number of nitrogens with zero attached hydrogens (tertiary/aromatic N) is 3. The lowest BCUT2D eigenvalue weighted by molar-refractivity contribution is -0.384. The molecule has 0 aliphatic rings. The van der Waals surface area contributed by atoms with Crippen LogP contribution in [0.2, 0.25) is 0 Å². The molecule has 6 heteroatoms. The molecule has 104 valence electrons. The van der Waals surface area contributed by atoms with Crippen LogP contribution in [0.4, 0.5) is 5.69 Å². The van der Waals surface area contributed by atoms with Crippen molar-refractivity contribution in [2.24, 2.45) is 5.73 Å². The Morgan fingerprint density at radius 2 is 2.00 bits per heavy atom. The van der Waals surface area contributed by atoms with Crippen molar-refractivity contribution in [1.82, 2.24) is 9.97 Å². The fourth-order valence-corrected chi connectivity index (χ4v) is 1.94. The summed E-state index contributed by atoms with van der Waals surface area (Å²) in [5.74, 6) is 0.486. The first-order valence-corrected chi connectivity index (χ1v) is 6.29. The fraction of sp³-hybridized carbons (Fsp3) is 0.286. The molecule has 0 fully saturated rings. The molecule has 0 saturated heterocycles. The first-order valence-electron chi connectivity index (χ1n) is 6.29. The molecule has 1 aromatic carbocycles. The average molecular weight is 272 g/mol. The molecule has 0 radical (unpaired) electrons. The van der Waals surface area contributed by atoms with Gasteiger partial charge in [0.25, 0.3) is 5.69 Å². The van der Waals surface area contributed by atoms with Crippen LogP contribution >= 0.6 is 0 Å². The van der Waals surface area contributed by atoms with Crippen molar-refractivity contribution in [1.29, 1.82) is 0 Å². The summed E-state index contributed by atoms with van der Waals surface area (Å²) in [5.41, 5.74) is 8.28. The van der Waals surface area contributed by atoms with Crippen molar-refractivity contribution in [3.63, 3.8) is 0 Å². The van der Waals surface area contributed by atoms with Gasteiger partial charge >= 0.3 is 0 Å². The average Bonchev–Trinajstić information content (AvgIpc) is 2.39. The Labute approximate surface area is 116 Å². The van der Waals surface area contributed by atoms with E-state index >= 15 is 0 Å². The van der Waals surface area contributed by atoms with Gasteiger partial charge in [-0.1, -0.05) is 6.07 Å². The Kier molecular flexibility index (Phi) is 4.05. The SMILES string of the molecule is Cc1ccc([N+](=O)[O-])cc1-c1ncc(CC(C)N)cn1. The van der Waals surface area contributed by atoms with E-state index in [0.717, 1.165) is 11.1 Å². The summed E-state index contributed by atoms with van der Waals surface area (Å²) in [4.78, 5) is 18.9. The van der Waals surface area contributed by atoms with Crippen molar-refractivity contribution >= 4 is 5.69 Å². The summed E-state index contributed by atoms with van der Waals surface area (Å²) >= 11 is 0. The molecule has 2 N–H and O–H groups in total. The van der Waals surface area contributed by atoms with Gasteiger partial charge in [-0.3, -0.25) is 10.1 Å². The maximum absolute atomic E-state index is 10.8. The molecule has 20 heavy (non-hydrogen) atoms. The van der Waals surface area contributed by atoms with E-state index in [-0.39, 0.29) is 11.7 Å². The van der Waals surface area contributed by atoms with Gasteiger partial charge in [0.2, 0.25) is 0 Å². The van der Waals surface area contributed by atoms with E-state index in [9.17, 15) is 10.1 Å². The Morgan fingerprint density at radius 3 is 2.55 bits per heavy atom. The molecule has 0 bridgehead atoms. The molecule has 1 aromatic heterocycles. The van der Waals surface area contributed by atoms with Crippen LogP contribution in [0.25, 0.3) is 11.4 Å². The van der Waals surface area contributed by atoms with Crippen molar-refractivity contribution in [2.45, 2.75) is 26.3 Å². The zero-order valence-corrected chi connectivity index (χ0v) is 11.4. The second kappa shape index (κ2) is 5.75. The van der Waals surface area contributed by atoms with Gasteiger partial charge in [-0.2, -0.15) is 0 Å². The number of hydrogen-bond acceptors (Lipinski definition) is 5. The predicted octanol–water partition coefficient (Wildman–Crippen LogP) is 2.25. The monoisotopic (exact) mass is 272 g/mol. The second-order valence-electron chi connectivity index (χ2n) is 4.85. The highest BCUT2D eigenvalue weighted by Crippen LogP contribution is 2.24. The molecular formula is C14H16N4O2. The third kappa shape index (κ3) is 3.16. The molecule has 1 unspecified atom stereocenters. The highest BCUT2D eigenvalue weighted by molar-refractivity contribution is 5.63. The van der Waals surface area contributed by atoms with Gasteiger partial charge < -0.3 is 5.73 Å². The molecule has 0 amide bonds. The summed E-state index contributed by atoms with van der Waals surface area (Å²) in [6.45, 7) is 3.79. The molecule has 0 aliphatic carbocycles. The van der Waals surface area contributed by atoms with Crippen molar-refractivity contribution in [3.05, 3.63) is 51.8 Å². The standard InChI is InChI=1S/C14H16N4O2/c1-9-3-4-12(18(19)20)6-13(9)14-16-7-11(8-17-14)5-10(2)15/h3-4,6-8,10H,5,15H2,1-2H3. The number of nitrogens with two attached hydrogens (primary N) is 1. The van der Waals surface area contributed by atoms with Crippen molar-refractivity contribution in [2.75, 3.05) is 0 Å². The minimum Gasteiger partial charge on any atom is -0.328 e. The first kappa shape index (κ1) is 14.1. The lowest BCUT2D eigenvalue weighted by Crippen LogP contribution is -2.18. The van der Waals surface area contributed by atoms with Crippen LogP contribution < -0.4 is 5.73 Å². The lowest BCUT2D eigenvalue weighted by Gasteiger charge is -2.07. The van der Waals surface area contributed by atoms with Crippen LogP contribution in [0.15, 0.2) is 30.6 Å². The summed E-state index contributed by atoms with van der Waals surface area (Å²) in [7, 11) is 0. The van der Waals surface area contributed by atoms with E-state index in [1.54, 1.807) is 18.5 Å². The first-order chi connectivity index (χ1) is 9.47. The fourth-order valence-electron chi connectivity index (χ4n) is 1.94. The van der Waals surface area contributed by atoms with E-state index in [2.05, 4.69) is 9.97 Å². The Balaban J connectivity index is 2.36. The second-order valence-corrected chi connectivity index (χ2v) is 4.85. The molecule has 1 heterocycles. The number of aryl methyl sites for hydroxylation is 1. The Morgan fingerprint density at radius 1 is 1.35 bits per heavy atom. The van der Waals surface area contributed by atoms with E-state index in [1.165, 1.54) is 12.1 Å². The molecule has 6 nitrogen and oxygen atoms in total. The largest absolute Gasteiger partial charge is 0.328 e. The number of non-ortho nitro benzene ring substituents is 1. The van der Waals surface area contributed by atoms with Gasteiger partial charge in [-0.05, 0) is 31.4 Å². The lowest BCUT2D eigenvalue weighted by atomic mass is 10.1. The van der Waals surface area contributed by atoms with Crippen LogP contribution in [-0.2, 0) is 6.42 Å². The summed E-state index contributed by atoms with van der Waals surface area (Å²) in [6, 6.07) is 4.72. The van der Waals surface area contributed by atoms with Gasteiger partial charge in [0.05, 0.1) is 4.92 Å². The number of nitro benzene ring substituents is 1. The van der Waals surface area contributed by atoms with Crippen LogP contribution in [-0.4, -0.2) is 20.9 Å². The summed E-state index contributed by atoms with van der Waals surface area (Å²) in [6.07, 6.45) is 4.13. The number of aromatic nitrogens is 2. The third-order valence-corrected chi connectivity index (χ3v) is 2.94. The molecule has 0 spiro atoms. The number of rotatable bonds is 4. The van der Waals surface area contributed by atoms with Gasteiger partial charge in [-0.15, -0.1) is 0 Å². The van der Waals surface area contributed by atoms with Crippen molar-refractivity contribution < 1.29 is 4.92 Å². The minimum absolute atomic E-state index is 0.0360. The molecule has 2 aromatic rings. The van der Waals surface area contributed by atoms with E-state index in [1.807, 2.05) is 13.8 Å². The van der Waals surface area contributed by atoms with Gasteiger partial charge in [-0.25, -0.2) is 9.97 Å². The van der Waals surface area contributed by atoms with E-state index in [4.69, 9.17) is 5.73 Å². The highest BCUT2D eigenvalue weighted by atomic mass is 16.6. The predicted molar refractivity (Wildman–Crippen MR) is 76.2 cm³/mol. The molecule has 0 saturated carbocycles. The molecular weight excluding hydrogens is 256 g/mol. The summed E-state index contributed by atoms with van der Waals surface area (Å²) < 4.78 is 0. The Hall–Kier alpha value is -2.34. The topological polar surface area (TPSA) is 94.9 Å². The molecule has 2 rings (SSSR count). The van der Waals surface area contributed by atoms with E-state index < -0.39 is 4.92 Å². The van der Waals surface area contributed by atoms with Crippen LogP contribution in [0.5, 0.6) is 0 Å². The Bertz CT molecular complexity index is 624. The third-order valence-electron chi connectivity index (χ3n) is 2.94. The molecule has 0 aliphatic heterocycles.